The van der Waals surface area contributed by atoms with E-state index in [4.69, 9.17) is 4.74 Å². The van der Waals surface area contributed by atoms with Gasteiger partial charge in [-0.25, -0.2) is 9.63 Å². The van der Waals surface area contributed by atoms with Crippen LogP contribution in [0.4, 0.5) is 5.69 Å². The lowest BCUT2D eigenvalue weighted by atomic mass is 10.2. The number of ether oxygens (including phenoxy) is 1. The number of nitrogens with zero attached hydrogens (tertiary/aromatic N) is 3. The second-order valence-corrected chi connectivity index (χ2v) is 9.15. The largest absolute Gasteiger partial charge is 0.462 e. The Bertz CT molecular complexity index is 1380. The molecule has 0 spiro atoms. The number of hydrogen-bond acceptors (Lipinski definition) is 7. The second-order valence-electron chi connectivity index (χ2n) is 7.49. The molecule has 11 heteroatoms. The van der Waals surface area contributed by atoms with Gasteiger partial charge in [0.2, 0.25) is 0 Å². The number of hydrogen-bond donors (Lipinski definition) is 1. The van der Waals surface area contributed by atoms with Gasteiger partial charge in [-0.15, -0.1) is 0 Å². The van der Waals surface area contributed by atoms with Crippen molar-refractivity contribution in [2.45, 2.75) is 32.6 Å². The van der Waals surface area contributed by atoms with Crippen LogP contribution in [0.5, 0.6) is 0 Å². The van der Waals surface area contributed by atoms with E-state index in [0.29, 0.717) is 23.3 Å². The number of nitro groups is 1. The summed E-state index contributed by atoms with van der Waals surface area (Å²) in [6.07, 6.45) is 1.37. The van der Waals surface area contributed by atoms with E-state index in [1.54, 1.807) is 31.2 Å². The first kappa shape index (κ1) is 24.6. The predicted octanol–water partition coefficient (Wildman–Crippen LogP) is 3.80. The van der Waals surface area contributed by atoms with Gasteiger partial charge >= 0.3 is 5.97 Å². The molecule has 178 valence electrons. The maximum atomic E-state index is 12.5. The van der Waals surface area contributed by atoms with E-state index in [1.807, 2.05) is 24.5 Å². The summed E-state index contributed by atoms with van der Waals surface area (Å²) < 4.78 is 32.0. The van der Waals surface area contributed by atoms with E-state index in [1.165, 1.54) is 25.3 Å². The molecule has 0 atom stereocenters. The van der Waals surface area contributed by atoms with Gasteiger partial charge in [0.25, 0.3) is 15.7 Å². The summed E-state index contributed by atoms with van der Waals surface area (Å²) in [6, 6.07) is 12.4. The Morgan fingerprint density at radius 1 is 1.15 bits per heavy atom. The molecular weight excluding hydrogens is 460 g/mol. The summed E-state index contributed by atoms with van der Waals surface area (Å²) in [4.78, 5) is 24.2. The number of carbonyl (C=O) groups is 1. The average Bonchev–Trinajstić information content (AvgIpc) is 3.06. The zero-order valence-electron chi connectivity index (χ0n) is 19.1. The minimum Gasteiger partial charge on any atom is -0.462 e. The molecule has 0 amide bonds. The van der Waals surface area contributed by atoms with Crippen LogP contribution >= 0.6 is 0 Å². The number of benzene rings is 2. The normalized spacial score (nSPS) is 11.5. The highest BCUT2D eigenvalue weighted by Gasteiger charge is 2.19. The van der Waals surface area contributed by atoms with Crippen LogP contribution in [0.2, 0.25) is 0 Å². The number of rotatable bonds is 8. The van der Waals surface area contributed by atoms with E-state index in [0.717, 1.165) is 23.1 Å². The molecular formula is C23H24N4O6S. The molecule has 1 N–H and O–H groups in total. The number of hydrazone groups is 1. The average molecular weight is 485 g/mol. The van der Waals surface area contributed by atoms with E-state index >= 15 is 0 Å². The fourth-order valence-corrected chi connectivity index (χ4v) is 4.26. The molecule has 1 heterocycles. The molecule has 2 aromatic carbocycles. The van der Waals surface area contributed by atoms with Gasteiger partial charge in [-0.05, 0) is 64.1 Å². The topological polar surface area (TPSA) is 133 Å². The molecule has 0 fully saturated rings. The van der Waals surface area contributed by atoms with Crippen molar-refractivity contribution in [3.8, 4) is 5.69 Å². The summed E-state index contributed by atoms with van der Waals surface area (Å²) in [5.74, 6) is -0.394. The van der Waals surface area contributed by atoms with Crippen LogP contribution in [0.3, 0.4) is 0 Å². The summed E-state index contributed by atoms with van der Waals surface area (Å²) in [7, 11) is -4.09. The molecule has 0 saturated carbocycles. The minimum absolute atomic E-state index is 0.255. The van der Waals surface area contributed by atoms with Gasteiger partial charge in [-0.2, -0.15) is 13.5 Å². The molecule has 0 aliphatic heterocycles. The fourth-order valence-electron chi connectivity index (χ4n) is 3.45. The zero-order chi connectivity index (χ0) is 25.0. The highest BCUT2D eigenvalue weighted by Crippen LogP contribution is 2.23. The summed E-state index contributed by atoms with van der Waals surface area (Å²) in [5, 5.41) is 15.0. The van der Waals surface area contributed by atoms with Gasteiger partial charge in [0.1, 0.15) is 0 Å². The Balaban J connectivity index is 1.82. The Hall–Kier alpha value is -3.99. The highest BCUT2D eigenvalue weighted by molar-refractivity contribution is 7.89. The quantitative estimate of drug-likeness (QED) is 0.224. The third kappa shape index (κ3) is 5.15. The maximum absolute atomic E-state index is 12.5. The number of esters is 1. The summed E-state index contributed by atoms with van der Waals surface area (Å²) >= 11 is 0. The molecule has 0 aliphatic carbocycles. The van der Waals surface area contributed by atoms with Crippen LogP contribution in [-0.4, -0.2) is 36.7 Å². The lowest BCUT2D eigenvalue weighted by molar-refractivity contribution is -0.385. The number of sulfonamides is 1. The van der Waals surface area contributed by atoms with Crippen molar-refractivity contribution in [3.05, 3.63) is 86.7 Å². The van der Waals surface area contributed by atoms with Crippen molar-refractivity contribution in [1.82, 2.24) is 9.40 Å². The van der Waals surface area contributed by atoms with Crippen LogP contribution in [0, 0.1) is 30.9 Å². The van der Waals surface area contributed by atoms with Crippen molar-refractivity contribution in [1.29, 1.82) is 0 Å². The van der Waals surface area contributed by atoms with Crippen LogP contribution < -0.4 is 4.83 Å². The highest BCUT2D eigenvalue weighted by atomic mass is 32.2. The summed E-state index contributed by atoms with van der Waals surface area (Å²) in [6.45, 7) is 7.31. The van der Waals surface area contributed by atoms with Crippen molar-refractivity contribution in [2.24, 2.45) is 5.10 Å². The van der Waals surface area contributed by atoms with Crippen molar-refractivity contribution < 1.29 is 22.9 Å². The van der Waals surface area contributed by atoms with Crippen molar-refractivity contribution in [3.63, 3.8) is 0 Å². The molecule has 0 aliphatic rings. The first-order valence-corrected chi connectivity index (χ1v) is 11.8. The van der Waals surface area contributed by atoms with Crippen LogP contribution in [0.15, 0.2) is 58.5 Å². The maximum Gasteiger partial charge on any atom is 0.338 e. The summed E-state index contributed by atoms with van der Waals surface area (Å²) in [5.41, 5.74) is 3.68. The zero-order valence-corrected chi connectivity index (χ0v) is 19.9. The smallest absolute Gasteiger partial charge is 0.338 e. The first-order valence-electron chi connectivity index (χ1n) is 10.3. The minimum atomic E-state index is -4.09. The van der Waals surface area contributed by atoms with E-state index in [2.05, 4.69) is 9.93 Å². The van der Waals surface area contributed by atoms with Gasteiger partial charge in [0, 0.05) is 34.3 Å². The molecule has 1 aromatic heterocycles. The molecule has 0 radical (unpaired) electrons. The monoisotopic (exact) mass is 484 g/mol. The number of aromatic nitrogens is 1. The van der Waals surface area contributed by atoms with E-state index in [9.17, 15) is 23.3 Å². The van der Waals surface area contributed by atoms with Gasteiger partial charge in [-0.1, -0.05) is 6.07 Å². The van der Waals surface area contributed by atoms with Crippen LogP contribution in [0.25, 0.3) is 5.69 Å². The standard InChI is InChI=1S/C23H24N4O6S/c1-5-33-23(28)18-7-9-20(10-8-18)26-16(3)12-19(17(26)4)14-24-25-34(31,32)21-11-6-15(2)22(13-21)27(29)30/h6-14,25H,5H2,1-4H3. The van der Waals surface area contributed by atoms with Gasteiger partial charge in [0.15, 0.2) is 0 Å². The molecule has 34 heavy (non-hydrogen) atoms. The number of carbonyl (C=O) groups excluding carboxylic acids is 1. The molecule has 10 nitrogen and oxygen atoms in total. The van der Waals surface area contributed by atoms with Crippen molar-refractivity contribution in [2.75, 3.05) is 6.61 Å². The Labute approximate surface area is 197 Å². The number of nitrogens with one attached hydrogen (secondary N) is 1. The lowest BCUT2D eigenvalue weighted by Gasteiger charge is -2.10. The predicted molar refractivity (Wildman–Crippen MR) is 127 cm³/mol. The molecule has 0 unspecified atom stereocenters. The Morgan fingerprint density at radius 3 is 2.44 bits per heavy atom. The molecule has 3 aromatic rings. The van der Waals surface area contributed by atoms with Gasteiger partial charge < -0.3 is 9.30 Å². The van der Waals surface area contributed by atoms with Gasteiger partial charge in [-0.3, -0.25) is 10.1 Å². The SMILES string of the molecule is CCOC(=O)c1ccc(-n2c(C)cc(C=NNS(=O)(=O)c3ccc(C)c([N+](=O)[O-])c3)c2C)cc1. The third-order valence-corrected chi connectivity index (χ3v) is 6.39. The lowest BCUT2D eigenvalue weighted by Crippen LogP contribution is -2.18. The fraction of sp³-hybridized carbons (Fsp3) is 0.217. The molecule has 0 bridgehead atoms. The van der Waals surface area contributed by atoms with Crippen LogP contribution in [0.1, 0.15) is 39.8 Å². The Kier molecular flexibility index (Phi) is 7.16. The van der Waals surface area contributed by atoms with E-state index in [-0.39, 0.29) is 10.6 Å². The second kappa shape index (κ2) is 9.87. The van der Waals surface area contributed by atoms with Gasteiger partial charge in [0.05, 0.1) is 28.2 Å². The van der Waals surface area contributed by atoms with Crippen LogP contribution in [-0.2, 0) is 14.8 Å². The number of aryl methyl sites for hydroxylation is 2. The Morgan fingerprint density at radius 2 is 1.82 bits per heavy atom. The third-order valence-electron chi connectivity index (χ3n) is 5.17. The number of nitro benzene ring substituents is 1. The van der Waals surface area contributed by atoms with E-state index < -0.39 is 20.9 Å². The molecule has 3 rings (SSSR count). The van der Waals surface area contributed by atoms with Crippen molar-refractivity contribution >= 4 is 27.9 Å². The first-order chi connectivity index (χ1) is 16.0. The molecule has 0 saturated heterocycles.